The highest BCUT2D eigenvalue weighted by atomic mass is 16.5. The van der Waals surface area contributed by atoms with E-state index in [1.807, 2.05) is 38.4 Å². The van der Waals surface area contributed by atoms with Crippen LogP contribution in [-0.2, 0) is 7.05 Å². The third-order valence-corrected chi connectivity index (χ3v) is 5.98. The minimum absolute atomic E-state index is 0.0301. The summed E-state index contributed by atoms with van der Waals surface area (Å²) in [6.45, 7) is 3.22. The predicted octanol–water partition coefficient (Wildman–Crippen LogP) is 1.20. The summed E-state index contributed by atoms with van der Waals surface area (Å²) in [5, 5.41) is 11.8. The van der Waals surface area contributed by atoms with E-state index < -0.39 is 5.56 Å². The van der Waals surface area contributed by atoms with E-state index in [4.69, 9.17) is 4.74 Å². The van der Waals surface area contributed by atoms with Crippen molar-refractivity contribution in [1.82, 2.24) is 34.5 Å². The van der Waals surface area contributed by atoms with Gasteiger partial charge in [0.15, 0.2) is 17.0 Å². The van der Waals surface area contributed by atoms with Crippen LogP contribution in [-0.4, -0.2) is 69.6 Å². The first-order valence-corrected chi connectivity index (χ1v) is 11.4. The Kier molecular flexibility index (Phi) is 7.14. The maximum absolute atomic E-state index is 12.8. The van der Waals surface area contributed by atoms with Gasteiger partial charge in [0.25, 0.3) is 5.56 Å². The Balaban J connectivity index is 1.52. The molecule has 33 heavy (non-hydrogen) atoms. The average Bonchev–Trinajstić information content (AvgIpc) is 3.34. The first-order valence-electron chi connectivity index (χ1n) is 11.4. The molecule has 0 atom stereocenters. The van der Waals surface area contributed by atoms with Gasteiger partial charge in [-0.25, -0.2) is 9.78 Å². The van der Waals surface area contributed by atoms with Crippen LogP contribution >= 0.6 is 0 Å². The molecule has 2 aromatic heterocycles. The summed E-state index contributed by atoms with van der Waals surface area (Å²) < 4.78 is 8.48. The van der Waals surface area contributed by atoms with Crippen molar-refractivity contribution in [3.05, 3.63) is 45.1 Å². The molecule has 1 saturated carbocycles. The smallest absolute Gasteiger partial charge is 0.332 e. The largest absolute Gasteiger partial charge is 0.492 e. The van der Waals surface area contributed by atoms with Gasteiger partial charge in [0.1, 0.15) is 12.4 Å². The number of fused-ring (bicyclic) bond motifs is 1. The zero-order valence-corrected chi connectivity index (χ0v) is 19.5. The van der Waals surface area contributed by atoms with Gasteiger partial charge in [0.05, 0.1) is 0 Å². The van der Waals surface area contributed by atoms with Gasteiger partial charge in [0.2, 0.25) is 0 Å². The molecule has 0 amide bonds. The summed E-state index contributed by atoms with van der Waals surface area (Å²) in [7, 11) is 5.57. The van der Waals surface area contributed by atoms with Gasteiger partial charge < -0.3 is 15.0 Å². The van der Waals surface area contributed by atoms with Gasteiger partial charge in [-0.2, -0.15) is 0 Å². The van der Waals surface area contributed by atoms with Crippen molar-refractivity contribution < 1.29 is 4.74 Å². The molecule has 0 radical (unpaired) electrons. The molecule has 10 nitrogen and oxygen atoms in total. The number of benzene rings is 1. The normalized spacial score (nSPS) is 14.4. The van der Waals surface area contributed by atoms with Crippen molar-refractivity contribution in [1.29, 1.82) is 0 Å². The fourth-order valence-electron chi connectivity index (χ4n) is 4.11. The quantitative estimate of drug-likeness (QED) is 0.482. The zero-order valence-electron chi connectivity index (χ0n) is 19.5. The fraction of sp³-hybridized carbons (Fsp3) is 0.522. The monoisotopic (exact) mass is 453 g/mol. The first kappa shape index (κ1) is 23.1. The van der Waals surface area contributed by atoms with E-state index in [1.54, 1.807) is 4.57 Å². The summed E-state index contributed by atoms with van der Waals surface area (Å²) in [6, 6.07) is 7.41. The Labute approximate surface area is 192 Å². The Morgan fingerprint density at radius 3 is 2.52 bits per heavy atom. The van der Waals surface area contributed by atoms with Crippen LogP contribution in [0.3, 0.4) is 0 Å². The van der Waals surface area contributed by atoms with E-state index in [1.165, 1.54) is 7.05 Å². The molecule has 0 unspecified atom stereocenters. The van der Waals surface area contributed by atoms with Crippen molar-refractivity contribution in [2.75, 3.05) is 40.3 Å². The van der Waals surface area contributed by atoms with Crippen molar-refractivity contribution in [2.45, 2.75) is 31.7 Å². The van der Waals surface area contributed by atoms with Crippen molar-refractivity contribution >= 4 is 11.2 Å². The van der Waals surface area contributed by atoms with Crippen LogP contribution in [0, 0.1) is 0 Å². The van der Waals surface area contributed by atoms with Gasteiger partial charge in [-0.3, -0.25) is 13.9 Å². The highest BCUT2D eigenvalue weighted by Crippen LogP contribution is 2.29. The maximum atomic E-state index is 12.8. The van der Waals surface area contributed by atoms with Gasteiger partial charge in [-0.1, -0.05) is 12.8 Å². The van der Waals surface area contributed by atoms with Crippen LogP contribution in [0.15, 0.2) is 33.9 Å². The van der Waals surface area contributed by atoms with Crippen LogP contribution in [0.4, 0.5) is 0 Å². The van der Waals surface area contributed by atoms with Crippen molar-refractivity contribution in [2.24, 2.45) is 7.05 Å². The number of hydrogen-bond acceptors (Lipinski definition) is 8. The predicted molar refractivity (Wildman–Crippen MR) is 127 cm³/mol. The van der Waals surface area contributed by atoms with Gasteiger partial charge in [0, 0.05) is 38.3 Å². The van der Waals surface area contributed by atoms with E-state index in [0.29, 0.717) is 12.4 Å². The summed E-state index contributed by atoms with van der Waals surface area (Å²) >= 11 is 0. The highest BCUT2D eigenvalue weighted by molar-refractivity contribution is 5.71. The van der Waals surface area contributed by atoms with Crippen LogP contribution in [0.2, 0.25) is 0 Å². The number of nitrogens with zero attached hydrogens (tertiary/aromatic N) is 6. The molecular weight excluding hydrogens is 422 g/mol. The number of hydrogen-bond donors (Lipinski definition) is 1. The minimum atomic E-state index is -0.456. The van der Waals surface area contributed by atoms with Crippen molar-refractivity contribution in [3.8, 4) is 17.1 Å². The SMILES string of the molecule is CN(C)CCNCCOc1ccc(-c2nnc3c(n2)c(=O)n(C)c(=O)n3C2CCCC2)cc1. The second-order valence-corrected chi connectivity index (χ2v) is 8.69. The lowest BCUT2D eigenvalue weighted by atomic mass is 10.2. The summed E-state index contributed by atoms with van der Waals surface area (Å²) in [5.74, 6) is 1.08. The second-order valence-electron chi connectivity index (χ2n) is 8.69. The number of rotatable bonds is 9. The fourth-order valence-corrected chi connectivity index (χ4v) is 4.11. The lowest BCUT2D eigenvalue weighted by Gasteiger charge is -2.16. The molecule has 0 spiro atoms. The maximum Gasteiger partial charge on any atom is 0.332 e. The molecular formula is C23H31N7O3. The van der Waals surface area contributed by atoms with E-state index in [2.05, 4.69) is 25.4 Å². The van der Waals surface area contributed by atoms with Crippen molar-refractivity contribution in [3.63, 3.8) is 0 Å². The molecule has 1 N–H and O–H groups in total. The Bertz CT molecular complexity index is 1210. The van der Waals surface area contributed by atoms with Crippen LogP contribution in [0.5, 0.6) is 5.75 Å². The number of likely N-dealkylation sites (N-methyl/N-ethyl adjacent to an activating group) is 1. The molecule has 1 aliphatic carbocycles. The van der Waals surface area contributed by atoms with Crippen LogP contribution < -0.4 is 21.3 Å². The lowest BCUT2D eigenvalue weighted by Crippen LogP contribution is -2.40. The number of nitrogens with one attached hydrogen (secondary N) is 1. The zero-order chi connectivity index (χ0) is 23.4. The molecule has 0 saturated heterocycles. The second kappa shape index (κ2) is 10.2. The summed E-state index contributed by atoms with van der Waals surface area (Å²) in [6.07, 6.45) is 3.90. The summed E-state index contributed by atoms with van der Waals surface area (Å²) in [5.41, 5.74) is 0.336. The van der Waals surface area contributed by atoms with E-state index in [9.17, 15) is 9.59 Å². The Morgan fingerprint density at radius 1 is 1.09 bits per heavy atom. The van der Waals surface area contributed by atoms with Crippen LogP contribution in [0.25, 0.3) is 22.6 Å². The van der Waals surface area contributed by atoms with Gasteiger partial charge in [-0.15, -0.1) is 10.2 Å². The molecule has 176 valence electrons. The number of ether oxygens (including phenoxy) is 1. The summed E-state index contributed by atoms with van der Waals surface area (Å²) in [4.78, 5) is 32.2. The molecule has 1 aliphatic rings. The van der Waals surface area contributed by atoms with Crippen LogP contribution in [0.1, 0.15) is 31.7 Å². The topological polar surface area (TPSA) is 107 Å². The van der Waals surface area contributed by atoms with E-state index in [0.717, 1.165) is 61.2 Å². The number of aromatic nitrogens is 5. The van der Waals surface area contributed by atoms with E-state index in [-0.39, 0.29) is 22.9 Å². The molecule has 2 heterocycles. The Hall–Kier alpha value is -3.11. The van der Waals surface area contributed by atoms with Gasteiger partial charge in [-0.05, 0) is 51.2 Å². The molecule has 0 aliphatic heterocycles. The standard InChI is InChI=1S/C23H31N7O3/c1-28(2)14-12-24-13-15-33-18-10-8-16(9-11-18)20-25-19-21(27-26-20)30(17-6-4-5-7-17)23(32)29(3)22(19)31/h8-11,17,24H,4-7,12-15H2,1-3H3. The van der Waals surface area contributed by atoms with Gasteiger partial charge >= 0.3 is 5.69 Å². The lowest BCUT2D eigenvalue weighted by molar-refractivity contribution is 0.308. The molecule has 0 bridgehead atoms. The van der Waals surface area contributed by atoms with E-state index >= 15 is 0 Å². The average molecular weight is 454 g/mol. The first-order chi connectivity index (χ1) is 16.0. The third kappa shape index (κ3) is 5.12. The highest BCUT2D eigenvalue weighted by Gasteiger charge is 2.24. The molecule has 4 rings (SSSR count). The molecule has 10 heteroatoms. The molecule has 3 aromatic rings. The molecule has 1 aromatic carbocycles. The molecule has 1 fully saturated rings. The minimum Gasteiger partial charge on any atom is -0.492 e. The third-order valence-electron chi connectivity index (χ3n) is 5.98. The Morgan fingerprint density at radius 2 is 1.82 bits per heavy atom.